The van der Waals surface area contributed by atoms with Crippen molar-refractivity contribution in [1.29, 1.82) is 0 Å². The van der Waals surface area contributed by atoms with Gasteiger partial charge in [-0.3, -0.25) is 4.79 Å². The number of benzene rings is 1. The second kappa shape index (κ2) is 8.00. The number of morpholine rings is 1. The predicted molar refractivity (Wildman–Crippen MR) is 112 cm³/mol. The van der Waals surface area contributed by atoms with Gasteiger partial charge in [0, 0.05) is 44.0 Å². The molecule has 1 aromatic heterocycles. The standard InChI is InChI=1S/C23H31N3O2/c1-17-6-8-20(9-7-17)16-26-19(3)21(24-12-14-28-15-13-24)18(2)22(26)23(27)25-10-4-5-11-25/h6-9H,4-5,10-16H2,1-3H3. The number of anilines is 1. The molecular weight excluding hydrogens is 350 g/mol. The van der Waals surface area contributed by atoms with Crippen molar-refractivity contribution in [3.8, 4) is 0 Å². The average Bonchev–Trinajstić information content (AvgIpc) is 3.32. The Morgan fingerprint density at radius 1 is 0.964 bits per heavy atom. The minimum absolute atomic E-state index is 0.185. The molecule has 28 heavy (non-hydrogen) atoms. The van der Waals surface area contributed by atoms with Crippen molar-refractivity contribution in [1.82, 2.24) is 9.47 Å². The number of hydrogen-bond acceptors (Lipinski definition) is 3. The quantitative estimate of drug-likeness (QED) is 0.813. The highest BCUT2D eigenvalue weighted by molar-refractivity contribution is 5.97. The second-order valence-corrected chi connectivity index (χ2v) is 8.08. The van der Waals surface area contributed by atoms with E-state index in [1.807, 2.05) is 4.90 Å². The first-order valence-corrected chi connectivity index (χ1v) is 10.4. The number of rotatable bonds is 4. The van der Waals surface area contributed by atoms with E-state index in [-0.39, 0.29) is 5.91 Å². The molecule has 3 heterocycles. The van der Waals surface area contributed by atoms with Gasteiger partial charge in [-0.05, 0) is 39.2 Å². The van der Waals surface area contributed by atoms with E-state index < -0.39 is 0 Å². The van der Waals surface area contributed by atoms with Gasteiger partial charge in [0.25, 0.3) is 5.91 Å². The first-order valence-electron chi connectivity index (χ1n) is 10.4. The molecule has 0 saturated carbocycles. The van der Waals surface area contributed by atoms with E-state index in [4.69, 9.17) is 4.74 Å². The smallest absolute Gasteiger partial charge is 0.270 e. The Kier molecular flexibility index (Phi) is 5.44. The van der Waals surface area contributed by atoms with E-state index >= 15 is 0 Å². The van der Waals surface area contributed by atoms with Crippen LogP contribution in [0.2, 0.25) is 0 Å². The van der Waals surface area contributed by atoms with Crippen molar-refractivity contribution in [2.24, 2.45) is 0 Å². The highest BCUT2D eigenvalue weighted by atomic mass is 16.5. The average molecular weight is 382 g/mol. The monoisotopic (exact) mass is 381 g/mol. The van der Waals surface area contributed by atoms with Crippen LogP contribution in [0, 0.1) is 20.8 Å². The predicted octanol–water partition coefficient (Wildman–Crippen LogP) is 3.53. The molecule has 2 aliphatic rings. The lowest BCUT2D eigenvalue weighted by Gasteiger charge is -2.29. The number of hydrogen-bond donors (Lipinski definition) is 0. The number of aryl methyl sites for hydroxylation is 1. The van der Waals surface area contributed by atoms with Gasteiger partial charge in [0.2, 0.25) is 0 Å². The van der Waals surface area contributed by atoms with Crippen LogP contribution in [-0.4, -0.2) is 54.8 Å². The van der Waals surface area contributed by atoms with Crippen LogP contribution >= 0.6 is 0 Å². The molecule has 150 valence electrons. The summed E-state index contributed by atoms with van der Waals surface area (Å²) in [5, 5.41) is 0. The number of likely N-dealkylation sites (tertiary alicyclic amines) is 1. The van der Waals surface area contributed by atoms with Gasteiger partial charge in [-0.15, -0.1) is 0 Å². The van der Waals surface area contributed by atoms with Gasteiger partial charge in [-0.1, -0.05) is 29.8 Å². The van der Waals surface area contributed by atoms with E-state index in [2.05, 4.69) is 54.5 Å². The topological polar surface area (TPSA) is 37.7 Å². The SMILES string of the molecule is Cc1ccc(Cn2c(C)c(N3CCOCC3)c(C)c2C(=O)N2CCCC2)cc1. The summed E-state index contributed by atoms with van der Waals surface area (Å²) in [7, 11) is 0. The highest BCUT2D eigenvalue weighted by Gasteiger charge is 2.30. The zero-order valence-electron chi connectivity index (χ0n) is 17.3. The molecule has 5 nitrogen and oxygen atoms in total. The molecular formula is C23H31N3O2. The molecule has 4 rings (SSSR count). The Hall–Kier alpha value is -2.27. The van der Waals surface area contributed by atoms with Crippen LogP contribution in [0.15, 0.2) is 24.3 Å². The molecule has 0 radical (unpaired) electrons. The minimum atomic E-state index is 0.185. The number of carbonyl (C=O) groups is 1. The molecule has 2 saturated heterocycles. The summed E-state index contributed by atoms with van der Waals surface area (Å²) in [6.07, 6.45) is 2.22. The normalized spacial score (nSPS) is 17.4. The lowest BCUT2D eigenvalue weighted by Crippen LogP contribution is -2.36. The third-order valence-electron chi connectivity index (χ3n) is 6.11. The first-order chi connectivity index (χ1) is 13.6. The van der Waals surface area contributed by atoms with E-state index in [0.717, 1.165) is 70.0 Å². The minimum Gasteiger partial charge on any atom is -0.378 e. The van der Waals surface area contributed by atoms with E-state index in [0.29, 0.717) is 0 Å². The molecule has 0 atom stereocenters. The summed E-state index contributed by atoms with van der Waals surface area (Å²) in [4.78, 5) is 17.9. The van der Waals surface area contributed by atoms with Gasteiger partial charge in [-0.25, -0.2) is 0 Å². The van der Waals surface area contributed by atoms with Crippen molar-refractivity contribution in [2.75, 3.05) is 44.3 Å². The number of aromatic nitrogens is 1. The molecule has 1 aromatic carbocycles. The third kappa shape index (κ3) is 3.55. The van der Waals surface area contributed by atoms with Gasteiger partial charge in [0.05, 0.1) is 18.9 Å². The lowest BCUT2D eigenvalue weighted by molar-refractivity contribution is 0.0781. The maximum Gasteiger partial charge on any atom is 0.270 e. The highest BCUT2D eigenvalue weighted by Crippen LogP contribution is 2.33. The fourth-order valence-corrected chi connectivity index (χ4v) is 4.55. The molecule has 2 fully saturated rings. The van der Waals surface area contributed by atoms with Crippen molar-refractivity contribution in [2.45, 2.75) is 40.2 Å². The number of nitrogens with zero attached hydrogens (tertiary/aromatic N) is 3. The molecule has 2 aliphatic heterocycles. The lowest BCUT2D eigenvalue weighted by atomic mass is 10.1. The Morgan fingerprint density at radius 2 is 1.61 bits per heavy atom. The van der Waals surface area contributed by atoms with Crippen LogP contribution in [0.3, 0.4) is 0 Å². The summed E-state index contributed by atoms with van der Waals surface area (Å²) < 4.78 is 7.79. The number of ether oxygens (including phenoxy) is 1. The Morgan fingerprint density at radius 3 is 2.25 bits per heavy atom. The molecule has 0 N–H and O–H groups in total. The summed E-state index contributed by atoms with van der Waals surface area (Å²) in [5.74, 6) is 0.185. The second-order valence-electron chi connectivity index (χ2n) is 8.08. The first kappa shape index (κ1) is 19.1. The molecule has 0 aliphatic carbocycles. The van der Waals surface area contributed by atoms with Crippen molar-refractivity contribution >= 4 is 11.6 Å². The summed E-state index contributed by atoms with van der Waals surface area (Å²) in [6, 6.07) is 8.63. The molecule has 2 aromatic rings. The van der Waals surface area contributed by atoms with Crippen LogP contribution < -0.4 is 4.90 Å². The molecule has 0 bridgehead atoms. The maximum absolute atomic E-state index is 13.4. The summed E-state index contributed by atoms with van der Waals surface area (Å²) in [6.45, 7) is 12.1. The Labute approximate surface area is 167 Å². The fourth-order valence-electron chi connectivity index (χ4n) is 4.55. The van der Waals surface area contributed by atoms with Crippen LogP contribution in [-0.2, 0) is 11.3 Å². The van der Waals surface area contributed by atoms with Crippen molar-refractivity contribution in [3.05, 3.63) is 52.3 Å². The molecule has 5 heteroatoms. The zero-order chi connectivity index (χ0) is 19.7. The van der Waals surface area contributed by atoms with Gasteiger partial charge in [0.1, 0.15) is 5.69 Å². The van der Waals surface area contributed by atoms with E-state index in [9.17, 15) is 4.79 Å². The van der Waals surface area contributed by atoms with E-state index in [1.165, 1.54) is 22.5 Å². The largest absolute Gasteiger partial charge is 0.378 e. The van der Waals surface area contributed by atoms with Gasteiger partial charge < -0.3 is 19.1 Å². The van der Waals surface area contributed by atoms with Crippen LogP contribution in [0.25, 0.3) is 0 Å². The zero-order valence-corrected chi connectivity index (χ0v) is 17.3. The number of carbonyl (C=O) groups excluding carboxylic acids is 1. The van der Waals surface area contributed by atoms with Crippen LogP contribution in [0.4, 0.5) is 5.69 Å². The third-order valence-corrected chi connectivity index (χ3v) is 6.11. The molecule has 1 amide bonds. The van der Waals surface area contributed by atoms with Crippen molar-refractivity contribution in [3.63, 3.8) is 0 Å². The summed E-state index contributed by atoms with van der Waals surface area (Å²) in [5.41, 5.74) is 6.87. The Balaban J connectivity index is 1.76. The number of amides is 1. The van der Waals surface area contributed by atoms with Crippen LogP contribution in [0.5, 0.6) is 0 Å². The maximum atomic E-state index is 13.4. The van der Waals surface area contributed by atoms with Gasteiger partial charge >= 0.3 is 0 Å². The fraction of sp³-hybridized carbons (Fsp3) is 0.522. The molecule has 0 unspecified atom stereocenters. The van der Waals surface area contributed by atoms with Gasteiger partial charge in [-0.2, -0.15) is 0 Å². The van der Waals surface area contributed by atoms with Crippen LogP contribution in [0.1, 0.15) is 45.7 Å². The van der Waals surface area contributed by atoms with E-state index in [1.54, 1.807) is 0 Å². The molecule has 0 spiro atoms. The van der Waals surface area contributed by atoms with Gasteiger partial charge in [0.15, 0.2) is 0 Å². The van der Waals surface area contributed by atoms with Crippen molar-refractivity contribution < 1.29 is 9.53 Å². The Bertz CT molecular complexity index is 842. The summed E-state index contributed by atoms with van der Waals surface area (Å²) >= 11 is 0.